The summed E-state index contributed by atoms with van der Waals surface area (Å²) in [5, 5.41) is 6.88. The molecule has 2 rings (SSSR count). The quantitative estimate of drug-likeness (QED) is 0.828. The highest BCUT2D eigenvalue weighted by Crippen LogP contribution is 2.18. The molecule has 5 nitrogen and oxygen atoms in total. The molecule has 0 amide bonds. The van der Waals surface area contributed by atoms with E-state index in [-0.39, 0.29) is 10.7 Å². The molecule has 0 aliphatic heterocycles. The average Bonchev–Trinajstić information content (AvgIpc) is 2.56. The van der Waals surface area contributed by atoms with Gasteiger partial charge in [0, 0.05) is 19.2 Å². The third kappa shape index (κ3) is 4.10. The number of aromatic nitrogens is 2. The van der Waals surface area contributed by atoms with Gasteiger partial charge in [-0.1, -0.05) is 25.4 Å². The van der Waals surface area contributed by atoms with Gasteiger partial charge in [0.25, 0.3) is 5.56 Å². The maximum atomic E-state index is 13.8. The second kappa shape index (κ2) is 8.21. The number of halogens is 3. The molecular formula is C16H19ClF2N4O. The van der Waals surface area contributed by atoms with Crippen LogP contribution < -0.4 is 10.9 Å². The Morgan fingerprint density at radius 2 is 2.00 bits per heavy atom. The summed E-state index contributed by atoms with van der Waals surface area (Å²) in [5.41, 5.74) is -0.444. The standard InChI is InChI=1S/C16H19ClF2N4O/c1-3-22(4-2)8-7-20-13-10-21-23(16(24)15(13)17)14-6-5-11(18)9-12(14)19/h5-6,9-10,20H,3-4,7-8H2,1-2H3. The highest BCUT2D eigenvalue weighted by atomic mass is 35.5. The fraction of sp³-hybridized carbons (Fsp3) is 0.375. The molecule has 0 unspecified atom stereocenters. The summed E-state index contributed by atoms with van der Waals surface area (Å²) >= 11 is 6.07. The number of benzene rings is 1. The highest BCUT2D eigenvalue weighted by Gasteiger charge is 2.14. The minimum absolute atomic E-state index is 0.0896. The van der Waals surface area contributed by atoms with Crippen LogP contribution in [0.3, 0.4) is 0 Å². The normalized spacial score (nSPS) is 11.1. The number of likely N-dealkylation sites (N-methyl/N-ethyl adjacent to an activating group) is 1. The van der Waals surface area contributed by atoms with Crippen LogP contribution in [0.4, 0.5) is 14.5 Å². The molecule has 0 saturated carbocycles. The molecule has 8 heteroatoms. The zero-order valence-corrected chi connectivity index (χ0v) is 14.3. The van der Waals surface area contributed by atoms with E-state index in [1.165, 1.54) is 6.20 Å². The maximum Gasteiger partial charge on any atom is 0.292 e. The van der Waals surface area contributed by atoms with Gasteiger partial charge in [-0.05, 0) is 25.2 Å². The topological polar surface area (TPSA) is 50.2 Å². The van der Waals surface area contributed by atoms with Gasteiger partial charge in [-0.2, -0.15) is 9.78 Å². The lowest BCUT2D eigenvalue weighted by molar-refractivity contribution is 0.316. The Balaban J connectivity index is 2.21. The smallest absolute Gasteiger partial charge is 0.292 e. The molecule has 0 radical (unpaired) electrons. The lowest BCUT2D eigenvalue weighted by Crippen LogP contribution is -2.29. The third-order valence-corrected chi connectivity index (χ3v) is 4.06. The van der Waals surface area contributed by atoms with E-state index in [0.717, 1.165) is 36.4 Å². The predicted octanol–water partition coefficient (Wildman–Crippen LogP) is 2.92. The first-order chi connectivity index (χ1) is 11.5. The molecule has 0 fully saturated rings. The van der Waals surface area contributed by atoms with Crippen molar-refractivity contribution in [2.24, 2.45) is 0 Å². The van der Waals surface area contributed by atoms with Crippen LogP contribution in [-0.4, -0.2) is 40.9 Å². The average molecular weight is 357 g/mol. The first kappa shape index (κ1) is 18.4. The van der Waals surface area contributed by atoms with Crippen molar-refractivity contribution >= 4 is 17.3 Å². The van der Waals surface area contributed by atoms with Crippen LogP contribution in [-0.2, 0) is 0 Å². The number of rotatable bonds is 7. The highest BCUT2D eigenvalue weighted by molar-refractivity contribution is 6.32. The molecule has 0 aliphatic carbocycles. The van der Waals surface area contributed by atoms with E-state index in [0.29, 0.717) is 18.3 Å². The molecule has 2 aromatic rings. The summed E-state index contributed by atoms with van der Waals surface area (Å²) in [4.78, 5) is 14.5. The number of nitrogens with zero attached hydrogens (tertiary/aromatic N) is 3. The van der Waals surface area contributed by atoms with Gasteiger partial charge in [-0.3, -0.25) is 4.79 Å². The first-order valence-electron chi connectivity index (χ1n) is 7.67. The van der Waals surface area contributed by atoms with Gasteiger partial charge in [-0.15, -0.1) is 0 Å². The molecule has 130 valence electrons. The van der Waals surface area contributed by atoms with E-state index < -0.39 is 17.2 Å². The summed E-state index contributed by atoms with van der Waals surface area (Å²) in [6.07, 6.45) is 1.36. The molecule has 0 bridgehead atoms. The number of hydrogen-bond donors (Lipinski definition) is 1. The second-order valence-corrected chi connectivity index (χ2v) is 5.52. The SMILES string of the molecule is CCN(CC)CCNc1cnn(-c2ccc(F)cc2F)c(=O)c1Cl. The van der Waals surface area contributed by atoms with Crippen molar-refractivity contribution in [3.8, 4) is 5.69 Å². The van der Waals surface area contributed by atoms with Crippen molar-refractivity contribution in [3.05, 3.63) is 51.4 Å². The number of hydrogen-bond acceptors (Lipinski definition) is 4. The molecule has 0 atom stereocenters. The molecule has 0 spiro atoms. The minimum Gasteiger partial charge on any atom is -0.381 e. The Hall–Kier alpha value is -1.99. The Bertz CT molecular complexity index is 762. The van der Waals surface area contributed by atoms with Crippen molar-refractivity contribution in [2.45, 2.75) is 13.8 Å². The summed E-state index contributed by atoms with van der Waals surface area (Å²) in [6, 6.07) is 2.88. The molecule has 0 saturated heterocycles. The van der Waals surface area contributed by atoms with Gasteiger partial charge >= 0.3 is 0 Å². The monoisotopic (exact) mass is 356 g/mol. The lowest BCUT2D eigenvalue weighted by atomic mass is 10.3. The summed E-state index contributed by atoms with van der Waals surface area (Å²) in [5.74, 6) is -1.62. The minimum atomic E-state index is -0.886. The molecule has 1 N–H and O–H groups in total. The van der Waals surface area contributed by atoms with Gasteiger partial charge < -0.3 is 10.2 Å². The summed E-state index contributed by atoms with van der Waals surface area (Å²) in [7, 11) is 0. The van der Waals surface area contributed by atoms with E-state index >= 15 is 0 Å². The van der Waals surface area contributed by atoms with E-state index in [9.17, 15) is 13.6 Å². The maximum absolute atomic E-state index is 13.8. The Morgan fingerprint density at radius 3 is 2.62 bits per heavy atom. The van der Waals surface area contributed by atoms with Crippen LogP contribution in [0.15, 0.2) is 29.2 Å². The van der Waals surface area contributed by atoms with Crippen LogP contribution in [0.5, 0.6) is 0 Å². The number of anilines is 1. The predicted molar refractivity (Wildman–Crippen MR) is 91.0 cm³/mol. The molecule has 1 aromatic carbocycles. The fourth-order valence-corrected chi connectivity index (χ4v) is 2.46. The van der Waals surface area contributed by atoms with Gasteiger partial charge in [0.15, 0.2) is 5.82 Å². The van der Waals surface area contributed by atoms with E-state index in [1.54, 1.807) is 0 Å². The molecule has 0 aliphatic rings. The molecular weight excluding hydrogens is 338 g/mol. The van der Waals surface area contributed by atoms with Crippen LogP contribution in [0.25, 0.3) is 5.69 Å². The van der Waals surface area contributed by atoms with Crippen molar-refractivity contribution in [2.75, 3.05) is 31.5 Å². The van der Waals surface area contributed by atoms with Crippen LogP contribution >= 0.6 is 11.6 Å². The zero-order chi connectivity index (χ0) is 17.7. The van der Waals surface area contributed by atoms with Gasteiger partial charge in [0.2, 0.25) is 0 Å². The van der Waals surface area contributed by atoms with Crippen LogP contribution in [0.1, 0.15) is 13.8 Å². The van der Waals surface area contributed by atoms with Crippen molar-refractivity contribution in [1.82, 2.24) is 14.7 Å². The second-order valence-electron chi connectivity index (χ2n) is 5.14. The van der Waals surface area contributed by atoms with Gasteiger partial charge in [-0.25, -0.2) is 8.78 Å². The summed E-state index contributed by atoms with van der Waals surface area (Å²) < 4.78 is 27.6. The summed E-state index contributed by atoms with van der Waals surface area (Å²) in [6.45, 7) is 7.37. The van der Waals surface area contributed by atoms with Crippen molar-refractivity contribution < 1.29 is 8.78 Å². The van der Waals surface area contributed by atoms with E-state index in [4.69, 9.17) is 11.6 Å². The first-order valence-corrected chi connectivity index (χ1v) is 8.05. The zero-order valence-electron chi connectivity index (χ0n) is 13.5. The Labute approximate surface area is 143 Å². The van der Waals surface area contributed by atoms with E-state index in [2.05, 4.69) is 29.2 Å². The largest absolute Gasteiger partial charge is 0.381 e. The molecule has 24 heavy (non-hydrogen) atoms. The molecule has 1 heterocycles. The fourth-order valence-electron chi connectivity index (χ4n) is 2.27. The van der Waals surface area contributed by atoms with Crippen LogP contribution in [0.2, 0.25) is 5.02 Å². The Morgan fingerprint density at radius 1 is 1.29 bits per heavy atom. The van der Waals surface area contributed by atoms with Crippen LogP contribution in [0, 0.1) is 11.6 Å². The van der Waals surface area contributed by atoms with Gasteiger partial charge in [0.1, 0.15) is 16.5 Å². The lowest BCUT2D eigenvalue weighted by Gasteiger charge is -2.18. The van der Waals surface area contributed by atoms with Crippen molar-refractivity contribution in [1.29, 1.82) is 0 Å². The molecule has 1 aromatic heterocycles. The third-order valence-electron chi connectivity index (χ3n) is 3.69. The number of nitrogens with one attached hydrogen (secondary N) is 1. The van der Waals surface area contributed by atoms with Crippen molar-refractivity contribution in [3.63, 3.8) is 0 Å². The Kier molecular flexibility index (Phi) is 6.28. The van der Waals surface area contributed by atoms with Gasteiger partial charge in [0.05, 0.1) is 11.9 Å². The van der Waals surface area contributed by atoms with E-state index in [1.807, 2.05) is 0 Å².